The molecular weight excluding hydrogens is 340 g/mol. The molecule has 0 bridgehead atoms. The Morgan fingerprint density at radius 2 is 1.81 bits per heavy atom. The fraction of sp³-hybridized carbons (Fsp3) is 0.158. The van der Waals surface area contributed by atoms with Gasteiger partial charge in [-0.05, 0) is 12.0 Å². The zero-order valence-electron chi connectivity index (χ0n) is 14.6. The van der Waals surface area contributed by atoms with E-state index >= 15 is 0 Å². The predicted molar refractivity (Wildman–Crippen MR) is 107 cm³/mol. The van der Waals surface area contributed by atoms with E-state index in [9.17, 15) is 0 Å². The first-order valence-electron chi connectivity index (χ1n) is 8.42. The Balaban J connectivity index is 1.60. The lowest BCUT2D eigenvalue weighted by atomic mass is 10.1. The van der Waals surface area contributed by atoms with Gasteiger partial charge in [-0.15, -0.1) is 4.98 Å². The van der Waals surface area contributed by atoms with E-state index in [4.69, 9.17) is 18.0 Å². The highest BCUT2D eigenvalue weighted by Crippen LogP contribution is 2.23. The van der Waals surface area contributed by atoms with Gasteiger partial charge in [0.15, 0.2) is 12.0 Å². The van der Waals surface area contributed by atoms with Gasteiger partial charge in [-0.2, -0.15) is 0 Å². The van der Waals surface area contributed by atoms with Crippen LogP contribution in [0.25, 0.3) is 4.85 Å². The molecule has 136 valence electrons. The van der Waals surface area contributed by atoms with E-state index in [1.165, 1.54) is 12.4 Å². The van der Waals surface area contributed by atoms with Crippen molar-refractivity contribution in [3.05, 3.63) is 72.0 Å². The summed E-state index contributed by atoms with van der Waals surface area (Å²) in [5.41, 5.74) is 14.6. The first kappa shape index (κ1) is 18.1. The van der Waals surface area contributed by atoms with Crippen LogP contribution in [-0.2, 0) is 0 Å². The minimum Gasteiger partial charge on any atom is -0.396 e. The van der Waals surface area contributed by atoms with Crippen molar-refractivity contribution in [3.63, 3.8) is 0 Å². The lowest BCUT2D eigenvalue weighted by molar-refractivity contribution is 0.675. The summed E-state index contributed by atoms with van der Waals surface area (Å²) in [6.45, 7) is 7.57. The fourth-order valence-corrected chi connectivity index (χ4v) is 2.49. The van der Waals surface area contributed by atoms with Gasteiger partial charge in [0.25, 0.3) is 5.82 Å². The average Bonchev–Trinajstić information content (AvgIpc) is 2.71. The molecule has 27 heavy (non-hydrogen) atoms. The highest BCUT2D eigenvalue weighted by Gasteiger charge is 2.08. The lowest BCUT2D eigenvalue weighted by Crippen LogP contribution is -2.15. The first-order chi connectivity index (χ1) is 13.2. The first-order valence-corrected chi connectivity index (χ1v) is 8.42. The van der Waals surface area contributed by atoms with Crippen molar-refractivity contribution in [2.24, 2.45) is 5.73 Å². The van der Waals surface area contributed by atoms with Gasteiger partial charge < -0.3 is 26.9 Å². The van der Waals surface area contributed by atoms with Crippen LogP contribution in [0.15, 0.2) is 55.0 Å². The van der Waals surface area contributed by atoms with Crippen molar-refractivity contribution in [2.75, 3.05) is 22.9 Å². The molecule has 0 radical (unpaired) electrons. The topological polar surface area (TPSA) is 119 Å². The van der Waals surface area contributed by atoms with Crippen LogP contribution in [0.3, 0.4) is 0 Å². The number of rotatable bonds is 7. The molecule has 0 aliphatic heterocycles. The molecule has 8 nitrogen and oxygen atoms in total. The second kappa shape index (κ2) is 8.60. The number of hydrogen-bond donors (Lipinski definition) is 4. The SMILES string of the molecule is [C-]#[N+]c1cnc(Nc2cc(NCCC(N)c3ccccc3)c(N)cn2)cn1. The Morgan fingerprint density at radius 3 is 2.52 bits per heavy atom. The van der Waals surface area contributed by atoms with Gasteiger partial charge >= 0.3 is 0 Å². The summed E-state index contributed by atoms with van der Waals surface area (Å²) in [5, 5.41) is 6.34. The molecule has 0 spiro atoms. The van der Waals surface area contributed by atoms with Crippen LogP contribution in [-0.4, -0.2) is 21.5 Å². The molecule has 8 heteroatoms. The van der Waals surface area contributed by atoms with Crippen molar-refractivity contribution in [3.8, 4) is 0 Å². The number of aromatic nitrogens is 3. The number of nitrogen functional groups attached to an aromatic ring is 1. The molecule has 0 aliphatic rings. The van der Waals surface area contributed by atoms with Crippen LogP contribution in [0, 0.1) is 6.57 Å². The molecule has 1 aromatic carbocycles. The number of anilines is 4. The number of nitrogens with two attached hydrogens (primary N) is 2. The molecular formula is C19H20N8. The second-order valence-electron chi connectivity index (χ2n) is 5.89. The zero-order chi connectivity index (χ0) is 19.1. The minimum atomic E-state index is -0.0457. The van der Waals surface area contributed by atoms with Gasteiger partial charge in [0, 0.05) is 18.7 Å². The monoisotopic (exact) mass is 360 g/mol. The summed E-state index contributed by atoms with van der Waals surface area (Å²) in [5.74, 6) is 1.31. The Kier molecular flexibility index (Phi) is 5.77. The zero-order valence-corrected chi connectivity index (χ0v) is 14.6. The molecule has 0 aliphatic carbocycles. The van der Waals surface area contributed by atoms with E-state index < -0.39 is 0 Å². The quantitative estimate of drug-likeness (QED) is 0.477. The Morgan fingerprint density at radius 1 is 1.04 bits per heavy atom. The molecule has 0 saturated carbocycles. The summed E-state index contributed by atoms with van der Waals surface area (Å²) in [4.78, 5) is 15.5. The summed E-state index contributed by atoms with van der Waals surface area (Å²) < 4.78 is 0. The van der Waals surface area contributed by atoms with E-state index in [1.54, 1.807) is 12.3 Å². The van der Waals surface area contributed by atoms with Crippen molar-refractivity contribution in [2.45, 2.75) is 12.5 Å². The molecule has 1 unspecified atom stereocenters. The Labute approximate surface area is 157 Å². The highest BCUT2D eigenvalue weighted by atomic mass is 15.1. The van der Waals surface area contributed by atoms with Crippen molar-refractivity contribution >= 4 is 28.8 Å². The lowest BCUT2D eigenvalue weighted by Gasteiger charge is -2.15. The number of hydrogen-bond acceptors (Lipinski definition) is 7. The third-order valence-corrected chi connectivity index (χ3v) is 3.94. The maximum Gasteiger partial charge on any atom is 0.288 e. The van der Waals surface area contributed by atoms with E-state index in [0.29, 0.717) is 23.9 Å². The largest absolute Gasteiger partial charge is 0.396 e. The van der Waals surface area contributed by atoms with Gasteiger partial charge in [-0.3, -0.25) is 0 Å². The van der Waals surface area contributed by atoms with Crippen molar-refractivity contribution in [1.29, 1.82) is 0 Å². The number of nitrogens with zero attached hydrogens (tertiary/aromatic N) is 4. The molecule has 0 fully saturated rings. The smallest absolute Gasteiger partial charge is 0.288 e. The molecule has 3 aromatic rings. The van der Waals surface area contributed by atoms with Crippen molar-refractivity contribution in [1.82, 2.24) is 15.0 Å². The second-order valence-corrected chi connectivity index (χ2v) is 5.89. The molecule has 6 N–H and O–H groups in total. The summed E-state index contributed by atoms with van der Waals surface area (Å²) in [6, 6.07) is 11.7. The van der Waals surface area contributed by atoms with Crippen LogP contribution in [0.2, 0.25) is 0 Å². The summed E-state index contributed by atoms with van der Waals surface area (Å²) in [7, 11) is 0. The van der Waals surface area contributed by atoms with E-state index in [-0.39, 0.29) is 11.9 Å². The van der Waals surface area contributed by atoms with Crippen LogP contribution < -0.4 is 22.1 Å². The average molecular weight is 360 g/mol. The van der Waals surface area contributed by atoms with Gasteiger partial charge in [0.1, 0.15) is 5.82 Å². The van der Waals surface area contributed by atoms with Crippen LogP contribution in [0.1, 0.15) is 18.0 Å². The van der Waals surface area contributed by atoms with Gasteiger partial charge in [0.05, 0.1) is 23.8 Å². The van der Waals surface area contributed by atoms with Crippen LogP contribution in [0.4, 0.5) is 28.8 Å². The van der Waals surface area contributed by atoms with E-state index in [1.807, 2.05) is 30.3 Å². The third kappa shape index (κ3) is 4.90. The fourth-order valence-electron chi connectivity index (χ4n) is 2.49. The molecule has 2 aromatic heterocycles. The van der Waals surface area contributed by atoms with Gasteiger partial charge in [0.2, 0.25) is 0 Å². The minimum absolute atomic E-state index is 0.0457. The number of nitrogens with one attached hydrogen (secondary N) is 2. The van der Waals surface area contributed by atoms with Crippen molar-refractivity contribution < 1.29 is 0 Å². The van der Waals surface area contributed by atoms with Gasteiger partial charge in [-0.25, -0.2) is 9.97 Å². The summed E-state index contributed by atoms with van der Waals surface area (Å²) >= 11 is 0. The normalized spacial score (nSPS) is 11.4. The molecule has 1 atom stereocenters. The van der Waals surface area contributed by atoms with Crippen LogP contribution >= 0.6 is 0 Å². The summed E-state index contributed by atoms with van der Waals surface area (Å²) in [6.07, 6.45) is 5.22. The predicted octanol–water partition coefficient (Wildman–Crippen LogP) is 3.25. The molecule has 2 heterocycles. The standard InChI is InChI=1S/C19H20N8/c1-22-18-11-26-19(12-25-18)27-17-9-16(15(21)10-24-17)23-8-7-14(20)13-5-3-2-4-6-13/h2-6,9-12,14H,7-8,20-21H2,(H2,23,24,26,27). The molecule has 3 rings (SSSR count). The van der Waals surface area contributed by atoms with Gasteiger partial charge in [-0.1, -0.05) is 36.9 Å². The van der Waals surface area contributed by atoms with E-state index in [0.717, 1.165) is 17.7 Å². The molecule has 0 amide bonds. The highest BCUT2D eigenvalue weighted by molar-refractivity contribution is 5.70. The number of pyridine rings is 1. The third-order valence-electron chi connectivity index (χ3n) is 3.94. The molecule has 0 saturated heterocycles. The van der Waals surface area contributed by atoms with Crippen LogP contribution in [0.5, 0.6) is 0 Å². The maximum atomic E-state index is 6.90. The Bertz CT molecular complexity index is 919. The maximum absolute atomic E-state index is 6.90. The number of benzene rings is 1. The van der Waals surface area contributed by atoms with E-state index in [2.05, 4.69) is 30.4 Å². The Hall–Kier alpha value is -3.70.